The third-order valence-electron chi connectivity index (χ3n) is 4.10. The van der Waals surface area contributed by atoms with E-state index in [-0.39, 0.29) is 11.5 Å². The summed E-state index contributed by atoms with van der Waals surface area (Å²) in [5, 5.41) is -4.12. The zero-order valence-electron chi connectivity index (χ0n) is 13.5. The lowest BCUT2D eigenvalue weighted by Gasteiger charge is -2.28. The van der Waals surface area contributed by atoms with Crippen molar-refractivity contribution in [3.05, 3.63) is 71.8 Å². The van der Waals surface area contributed by atoms with E-state index in [9.17, 15) is 17.6 Å². The largest absolute Gasteiger partial charge is 0.353 e. The summed E-state index contributed by atoms with van der Waals surface area (Å²) in [5.41, 5.74) is -0.148. The van der Waals surface area contributed by atoms with Crippen molar-refractivity contribution >= 4 is 11.6 Å². The second-order valence-corrected chi connectivity index (χ2v) is 6.40. The Morgan fingerprint density at radius 1 is 1.00 bits per heavy atom. The molecule has 0 amide bonds. The second kappa shape index (κ2) is 7.39. The normalized spacial score (nSPS) is 20.8. The van der Waals surface area contributed by atoms with Crippen LogP contribution in [0, 0.1) is 17.6 Å². The van der Waals surface area contributed by atoms with E-state index in [0.29, 0.717) is 18.8 Å². The van der Waals surface area contributed by atoms with Crippen LogP contribution in [0.5, 0.6) is 0 Å². The van der Waals surface area contributed by atoms with Gasteiger partial charge in [-0.3, -0.25) is 0 Å². The summed E-state index contributed by atoms with van der Waals surface area (Å²) in [7, 11) is 0. The molecule has 1 saturated heterocycles. The molecule has 3 rings (SSSR count). The van der Waals surface area contributed by atoms with E-state index in [4.69, 9.17) is 21.1 Å². The maximum Gasteiger partial charge on any atom is 0.353 e. The lowest BCUT2D eigenvalue weighted by molar-refractivity contribution is -0.197. The molecular weight excluding hydrogens is 372 g/mol. The van der Waals surface area contributed by atoms with Crippen LogP contribution in [0.25, 0.3) is 11.1 Å². The first-order valence-corrected chi connectivity index (χ1v) is 8.19. The zero-order chi connectivity index (χ0) is 18.9. The first-order chi connectivity index (χ1) is 12.3. The van der Waals surface area contributed by atoms with E-state index in [2.05, 4.69) is 6.58 Å². The van der Waals surface area contributed by atoms with Crippen molar-refractivity contribution in [3.63, 3.8) is 0 Å². The van der Waals surface area contributed by atoms with E-state index < -0.39 is 28.9 Å². The Labute approximate surface area is 153 Å². The SMILES string of the molecule is C=CC1COC(c2ccc(-c3cc(F)c(C(F)(F)Cl)c(F)c3)cc2)OC1. The molecule has 0 atom stereocenters. The van der Waals surface area contributed by atoms with Crippen molar-refractivity contribution in [3.8, 4) is 11.1 Å². The highest BCUT2D eigenvalue weighted by molar-refractivity contribution is 6.21. The predicted octanol–water partition coefficient (Wildman–Crippen LogP) is 5.77. The average molecular weight is 387 g/mol. The lowest BCUT2D eigenvalue weighted by Crippen LogP contribution is -2.25. The Bertz CT molecular complexity index is 771. The van der Waals surface area contributed by atoms with Gasteiger partial charge < -0.3 is 9.47 Å². The quantitative estimate of drug-likeness (QED) is 0.377. The van der Waals surface area contributed by atoms with Gasteiger partial charge in [-0.25, -0.2) is 8.78 Å². The highest BCUT2D eigenvalue weighted by Crippen LogP contribution is 2.38. The summed E-state index contributed by atoms with van der Waals surface area (Å²) in [6.07, 6.45) is 1.22. The Hall–Kier alpha value is -1.89. The summed E-state index contributed by atoms with van der Waals surface area (Å²) < 4.78 is 65.1. The monoisotopic (exact) mass is 386 g/mol. The molecule has 1 aliphatic rings. The summed E-state index contributed by atoms with van der Waals surface area (Å²) in [4.78, 5) is 0. The molecule has 26 heavy (non-hydrogen) atoms. The Balaban J connectivity index is 1.82. The lowest BCUT2D eigenvalue weighted by atomic mass is 10.0. The number of alkyl halides is 3. The van der Waals surface area contributed by atoms with E-state index in [1.54, 1.807) is 30.3 Å². The molecule has 138 valence electrons. The molecule has 0 aliphatic carbocycles. The van der Waals surface area contributed by atoms with Gasteiger partial charge in [0, 0.05) is 11.5 Å². The molecule has 0 spiro atoms. The zero-order valence-corrected chi connectivity index (χ0v) is 14.3. The van der Waals surface area contributed by atoms with Gasteiger partial charge in [0.05, 0.1) is 13.2 Å². The van der Waals surface area contributed by atoms with Crippen LogP contribution in [0.4, 0.5) is 17.6 Å². The Morgan fingerprint density at radius 3 is 2.00 bits per heavy atom. The molecule has 0 aromatic heterocycles. The van der Waals surface area contributed by atoms with Gasteiger partial charge in [0.1, 0.15) is 17.2 Å². The minimum absolute atomic E-state index is 0.119. The van der Waals surface area contributed by atoms with E-state index in [1.807, 2.05) is 0 Å². The fourth-order valence-electron chi connectivity index (χ4n) is 2.69. The van der Waals surface area contributed by atoms with Crippen LogP contribution in [-0.2, 0) is 14.9 Å². The molecule has 2 aromatic carbocycles. The van der Waals surface area contributed by atoms with Crippen molar-refractivity contribution < 1.29 is 27.0 Å². The minimum Gasteiger partial charge on any atom is -0.348 e. The molecule has 1 heterocycles. The third kappa shape index (κ3) is 3.92. The Morgan fingerprint density at radius 2 is 1.54 bits per heavy atom. The maximum atomic E-state index is 13.9. The molecule has 2 aromatic rings. The van der Waals surface area contributed by atoms with Gasteiger partial charge in [0.15, 0.2) is 6.29 Å². The number of hydrogen-bond donors (Lipinski definition) is 0. The topological polar surface area (TPSA) is 18.5 Å². The highest BCUT2D eigenvalue weighted by Gasteiger charge is 2.35. The second-order valence-electron chi connectivity index (χ2n) is 5.93. The maximum absolute atomic E-state index is 13.9. The van der Waals surface area contributed by atoms with Gasteiger partial charge in [0.2, 0.25) is 0 Å². The van der Waals surface area contributed by atoms with Gasteiger partial charge in [-0.2, -0.15) is 8.78 Å². The molecule has 7 heteroatoms. The predicted molar refractivity (Wildman–Crippen MR) is 89.9 cm³/mol. The summed E-state index contributed by atoms with van der Waals surface area (Å²) in [6, 6.07) is 8.24. The minimum atomic E-state index is -4.12. The van der Waals surface area contributed by atoms with E-state index >= 15 is 0 Å². The number of benzene rings is 2. The average Bonchev–Trinajstić information content (AvgIpc) is 2.60. The number of halogens is 5. The van der Waals surface area contributed by atoms with Crippen LogP contribution in [0.15, 0.2) is 49.1 Å². The van der Waals surface area contributed by atoms with Gasteiger partial charge >= 0.3 is 5.38 Å². The summed E-state index contributed by atoms with van der Waals surface area (Å²) in [5.74, 6) is -2.67. The van der Waals surface area contributed by atoms with Gasteiger partial charge in [0.25, 0.3) is 0 Å². The van der Waals surface area contributed by atoms with Crippen LogP contribution >= 0.6 is 11.6 Å². The van der Waals surface area contributed by atoms with E-state index in [1.165, 1.54) is 0 Å². The molecular formula is C19H15ClF4O2. The third-order valence-corrected chi connectivity index (χ3v) is 4.29. The smallest absolute Gasteiger partial charge is 0.348 e. The van der Waals surface area contributed by atoms with Gasteiger partial charge in [-0.1, -0.05) is 30.3 Å². The summed E-state index contributed by atoms with van der Waals surface area (Å²) >= 11 is 4.75. The van der Waals surface area contributed by atoms with Crippen molar-refractivity contribution in [2.24, 2.45) is 5.92 Å². The van der Waals surface area contributed by atoms with Crippen molar-refractivity contribution in [2.45, 2.75) is 11.7 Å². The molecule has 0 unspecified atom stereocenters. The van der Waals surface area contributed by atoms with Crippen LogP contribution < -0.4 is 0 Å². The highest BCUT2D eigenvalue weighted by atomic mass is 35.5. The molecule has 1 aliphatic heterocycles. The fraction of sp³-hybridized carbons (Fsp3) is 0.263. The molecule has 2 nitrogen and oxygen atoms in total. The number of hydrogen-bond acceptors (Lipinski definition) is 2. The van der Waals surface area contributed by atoms with Crippen LogP contribution in [-0.4, -0.2) is 13.2 Å². The van der Waals surface area contributed by atoms with Gasteiger partial charge in [-0.15, -0.1) is 6.58 Å². The van der Waals surface area contributed by atoms with Crippen molar-refractivity contribution in [2.75, 3.05) is 13.2 Å². The van der Waals surface area contributed by atoms with Crippen LogP contribution in [0.2, 0.25) is 0 Å². The first kappa shape index (κ1) is 18.9. The van der Waals surface area contributed by atoms with Gasteiger partial charge in [-0.05, 0) is 34.9 Å². The number of ether oxygens (including phenoxy) is 2. The molecule has 1 fully saturated rings. The molecule has 0 N–H and O–H groups in total. The standard InChI is InChI=1S/C19H15ClF4O2/c1-2-11-9-25-18(26-10-11)13-5-3-12(4-6-13)14-7-15(21)17(16(22)8-14)19(20,23)24/h2-8,11,18H,1,9-10H2. The van der Waals surface area contributed by atoms with E-state index in [0.717, 1.165) is 17.7 Å². The van der Waals surface area contributed by atoms with Crippen molar-refractivity contribution in [1.82, 2.24) is 0 Å². The Kier molecular flexibility index (Phi) is 5.37. The first-order valence-electron chi connectivity index (χ1n) is 7.82. The fourth-order valence-corrected chi connectivity index (χ4v) is 2.87. The molecule has 0 bridgehead atoms. The molecule has 0 saturated carbocycles. The van der Waals surface area contributed by atoms with Crippen molar-refractivity contribution in [1.29, 1.82) is 0 Å². The van der Waals surface area contributed by atoms with Crippen LogP contribution in [0.1, 0.15) is 17.4 Å². The molecule has 0 radical (unpaired) electrons. The number of rotatable bonds is 4. The summed E-state index contributed by atoms with van der Waals surface area (Å²) in [6.45, 7) is 4.66. The van der Waals surface area contributed by atoms with Crippen LogP contribution in [0.3, 0.4) is 0 Å².